The van der Waals surface area contributed by atoms with E-state index in [1.54, 1.807) is 19.2 Å². The fourth-order valence-electron chi connectivity index (χ4n) is 2.53. The summed E-state index contributed by atoms with van der Waals surface area (Å²) in [6.07, 6.45) is 7.71. The minimum absolute atomic E-state index is 0.0632. The lowest BCUT2D eigenvalue weighted by Crippen LogP contribution is -2.18. The Balaban J connectivity index is 1.82. The molecule has 134 valence electrons. The maximum Gasteiger partial charge on any atom is 0.278 e. The van der Waals surface area contributed by atoms with Crippen LogP contribution in [0.1, 0.15) is 22.6 Å². The van der Waals surface area contributed by atoms with Crippen molar-refractivity contribution in [1.82, 2.24) is 9.97 Å². The Kier molecular flexibility index (Phi) is 5.43. The van der Waals surface area contributed by atoms with E-state index in [4.69, 9.17) is 5.73 Å². The Morgan fingerprint density at radius 1 is 1.35 bits per heavy atom. The van der Waals surface area contributed by atoms with Crippen molar-refractivity contribution in [1.29, 1.82) is 0 Å². The summed E-state index contributed by atoms with van der Waals surface area (Å²) in [5.74, 6) is -0.359. The molecule has 1 aliphatic carbocycles. The van der Waals surface area contributed by atoms with Crippen LogP contribution in [-0.4, -0.2) is 32.4 Å². The first kappa shape index (κ1) is 17.8. The van der Waals surface area contributed by atoms with E-state index in [0.29, 0.717) is 17.8 Å². The topological polar surface area (TPSA) is 110 Å². The first-order valence-electron chi connectivity index (χ1n) is 8.02. The second kappa shape index (κ2) is 7.92. The van der Waals surface area contributed by atoms with E-state index in [1.165, 1.54) is 6.20 Å². The zero-order valence-corrected chi connectivity index (χ0v) is 15.1. The minimum atomic E-state index is -1.61. The molecule has 0 radical (unpaired) electrons. The van der Waals surface area contributed by atoms with E-state index in [9.17, 15) is 9.00 Å². The summed E-state index contributed by atoms with van der Waals surface area (Å²) in [7, 11) is -0.0607. The van der Waals surface area contributed by atoms with Gasteiger partial charge in [-0.1, -0.05) is 36.4 Å². The number of nitrogen functional groups attached to an aromatic ring is 1. The summed E-state index contributed by atoms with van der Waals surface area (Å²) in [6.45, 7) is 0. The highest BCUT2D eigenvalue weighted by molar-refractivity contribution is 7.75. The fraction of sp³-hybridized carbons (Fsp3) is 0.167. The van der Waals surface area contributed by atoms with Crippen LogP contribution in [0.25, 0.3) is 5.57 Å². The van der Waals surface area contributed by atoms with Gasteiger partial charge in [0.05, 0.1) is 17.1 Å². The minimum Gasteiger partial charge on any atom is -0.382 e. The summed E-state index contributed by atoms with van der Waals surface area (Å²) < 4.78 is 15.6. The maximum absolute atomic E-state index is 12.5. The van der Waals surface area contributed by atoms with Gasteiger partial charge in [0.25, 0.3) is 5.91 Å². The molecule has 3 rings (SSSR count). The maximum atomic E-state index is 12.5. The van der Waals surface area contributed by atoms with Crippen LogP contribution in [0.3, 0.4) is 0 Å². The molecule has 2 aromatic rings. The van der Waals surface area contributed by atoms with Gasteiger partial charge in [0, 0.05) is 23.3 Å². The average Bonchev–Trinajstić information content (AvgIpc) is 2.68. The van der Waals surface area contributed by atoms with Gasteiger partial charge < -0.3 is 11.1 Å². The molecule has 1 heterocycles. The van der Waals surface area contributed by atoms with Crippen LogP contribution in [0.5, 0.6) is 0 Å². The Morgan fingerprint density at radius 2 is 2.12 bits per heavy atom. The van der Waals surface area contributed by atoms with Crippen molar-refractivity contribution in [3.8, 4) is 0 Å². The van der Waals surface area contributed by atoms with Gasteiger partial charge in [0.2, 0.25) is 0 Å². The van der Waals surface area contributed by atoms with Crippen molar-refractivity contribution >= 4 is 33.6 Å². The smallest absolute Gasteiger partial charge is 0.278 e. The van der Waals surface area contributed by atoms with Gasteiger partial charge >= 0.3 is 0 Å². The van der Waals surface area contributed by atoms with Crippen LogP contribution in [0.4, 0.5) is 11.5 Å². The summed E-state index contributed by atoms with van der Waals surface area (Å²) in [4.78, 5) is 20.9. The second-order valence-electron chi connectivity index (χ2n) is 5.63. The standard InChI is InChI=1S/C18H19N5O2S/c1-20-26(25)14-9-7-12(8-10-14)15-11-21-17(19)16(23-15)18(24)22-13-5-3-2-4-6-13/h2-9,11,14,26H,10H2,1H3,(H2,19,21)(H,22,24). The lowest BCUT2D eigenvalue weighted by Gasteiger charge is -2.13. The number of hydrogen-bond donors (Lipinski definition) is 3. The quantitative estimate of drug-likeness (QED) is 0.716. The molecular formula is C18H19N5O2S. The van der Waals surface area contributed by atoms with Crippen molar-refractivity contribution in [2.45, 2.75) is 11.7 Å². The highest BCUT2D eigenvalue weighted by atomic mass is 32.2. The second-order valence-corrected chi connectivity index (χ2v) is 7.30. The number of para-hydroxylation sites is 1. The Labute approximate surface area is 153 Å². The van der Waals surface area contributed by atoms with Crippen LogP contribution in [-0.2, 0) is 10.6 Å². The summed E-state index contributed by atoms with van der Waals surface area (Å²) in [5.41, 5.74) is 7.89. The predicted octanol–water partition coefficient (Wildman–Crippen LogP) is 2.32. The van der Waals surface area contributed by atoms with E-state index in [1.807, 2.05) is 36.4 Å². The third-order valence-corrected chi connectivity index (χ3v) is 5.25. The van der Waals surface area contributed by atoms with Crippen molar-refractivity contribution in [2.75, 3.05) is 18.1 Å². The normalized spacial score (nSPS) is 17.6. The van der Waals surface area contributed by atoms with E-state index in [2.05, 4.69) is 19.6 Å². The number of benzene rings is 1. The van der Waals surface area contributed by atoms with Crippen molar-refractivity contribution < 1.29 is 9.00 Å². The van der Waals surface area contributed by atoms with Gasteiger partial charge in [-0.25, -0.2) is 14.3 Å². The van der Waals surface area contributed by atoms with Crippen LogP contribution < -0.4 is 11.1 Å². The first-order chi connectivity index (χ1) is 12.6. The number of thiol groups is 1. The van der Waals surface area contributed by atoms with Crippen LogP contribution in [0, 0.1) is 0 Å². The number of nitrogens with two attached hydrogens (primary N) is 1. The summed E-state index contributed by atoms with van der Waals surface area (Å²) in [5, 5.41) is 2.64. The van der Waals surface area contributed by atoms with Crippen LogP contribution >= 0.6 is 0 Å². The molecule has 0 fully saturated rings. The monoisotopic (exact) mass is 369 g/mol. The lowest BCUT2D eigenvalue weighted by molar-refractivity contribution is 0.102. The van der Waals surface area contributed by atoms with Gasteiger partial charge in [0.1, 0.15) is 0 Å². The summed E-state index contributed by atoms with van der Waals surface area (Å²) >= 11 is 0. The van der Waals surface area contributed by atoms with Crippen LogP contribution in [0.15, 0.2) is 59.1 Å². The SMILES string of the molecule is C/N=[SH](=O)\C1C=CC(c2cnc(N)c(C(=O)Nc3ccccc3)n2)=CC1. The molecular weight excluding hydrogens is 350 g/mol. The van der Waals surface area contributed by atoms with Crippen LogP contribution in [0.2, 0.25) is 0 Å². The molecule has 2 atom stereocenters. The third kappa shape index (κ3) is 3.97. The van der Waals surface area contributed by atoms with E-state index in [-0.39, 0.29) is 16.8 Å². The predicted molar refractivity (Wildman–Crippen MR) is 104 cm³/mol. The Bertz CT molecular complexity index is 963. The van der Waals surface area contributed by atoms with Gasteiger partial charge in [-0.05, 0) is 24.1 Å². The highest BCUT2D eigenvalue weighted by Gasteiger charge is 2.17. The van der Waals surface area contributed by atoms with Crippen molar-refractivity contribution in [3.63, 3.8) is 0 Å². The number of nitrogens with one attached hydrogen (secondary N) is 1. The molecule has 1 aromatic carbocycles. The molecule has 0 spiro atoms. The molecule has 0 saturated carbocycles. The molecule has 26 heavy (non-hydrogen) atoms. The number of carbonyl (C=O) groups is 1. The molecule has 0 aliphatic heterocycles. The van der Waals surface area contributed by atoms with Crippen molar-refractivity contribution in [2.24, 2.45) is 4.36 Å². The Morgan fingerprint density at radius 3 is 2.77 bits per heavy atom. The van der Waals surface area contributed by atoms with E-state index in [0.717, 1.165) is 5.57 Å². The number of amides is 1. The zero-order valence-electron chi connectivity index (χ0n) is 14.2. The van der Waals surface area contributed by atoms with Gasteiger partial charge in [-0.3, -0.25) is 9.00 Å². The highest BCUT2D eigenvalue weighted by Crippen LogP contribution is 2.22. The molecule has 3 N–H and O–H groups in total. The largest absolute Gasteiger partial charge is 0.382 e. The Hall–Kier alpha value is -3.00. The molecule has 1 aromatic heterocycles. The first-order valence-corrected chi connectivity index (χ1v) is 9.30. The molecule has 7 nitrogen and oxygen atoms in total. The molecule has 8 heteroatoms. The number of rotatable bonds is 4. The zero-order chi connectivity index (χ0) is 18.5. The van der Waals surface area contributed by atoms with E-state index < -0.39 is 16.5 Å². The number of aromatic nitrogens is 2. The average molecular weight is 369 g/mol. The number of anilines is 2. The fourth-order valence-corrected chi connectivity index (χ4v) is 3.34. The third-order valence-electron chi connectivity index (χ3n) is 3.90. The van der Waals surface area contributed by atoms with Crippen molar-refractivity contribution in [3.05, 3.63) is 66.1 Å². The van der Waals surface area contributed by atoms with E-state index >= 15 is 0 Å². The van der Waals surface area contributed by atoms with Gasteiger partial charge in [0.15, 0.2) is 11.5 Å². The molecule has 1 amide bonds. The molecule has 1 aliphatic rings. The molecule has 2 unspecified atom stereocenters. The number of nitrogens with zero attached hydrogens (tertiary/aromatic N) is 3. The lowest BCUT2D eigenvalue weighted by atomic mass is 10.0. The molecule has 0 saturated heterocycles. The van der Waals surface area contributed by atoms with Gasteiger partial charge in [-0.2, -0.15) is 0 Å². The number of carbonyl (C=O) groups excluding carboxylic acids is 1. The summed E-state index contributed by atoms with van der Waals surface area (Å²) in [6, 6.07) is 9.06. The van der Waals surface area contributed by atoms with Gasteiger partial charge in [-0.15, -0.1) is 0 Å². The number of allylic oxidation sites excluding steroid dienone is 3. The number of hydrogen-bond acceptors (Lipinski definition) is 6. The molecule has 0 bridgehead atoms.